The van der Waals surface area contributed by atoms with E-state index in [1.807, 2.05) is 29.1 Å². The third-order valence-corrected chi connectivity index (χ3v) is 5.67. The number of hydrogen-bond acceptors (Lipinski definition) is 6. The number of rotatable bonds is 6. The first-order valence-corrected chi connectivity index (χ1v) is 10.6. The quantitative estimate of drug-likeness (QED) is 0.632. The highest BCUT2D eigenvalue weighted by atomic mass is 15.3. The number of hydrogen-bond donors (Lipinski definition) is 0. The van der Waals surface area contributed by atoms with Crippen molar-refractivity contribution < 1.29 is 0 Å². The zero-order chi connectivity index (χ0) is 20.9. The number of aryl methyl sites for hydroxylation is 1. The summed E-state index contributed by atoms with van der Waals surface area (Å²) in [6.07, 6.45) is 5.64. The Hall–Kier alpha value is -3.24. The molecule has 1 aliphatic heterocycles. The van der Waals surface area contributed by atoms with Crippen molar-refractivity contribution in [2.45, 2.75) is 33.2 Å². The molecule has 1 saturated heterocycles. The molecule has 0 N–H and O–H groups in total. The fourth-order valence-corrected chi connectivity index (χ4v) is 4.04. The van der Waals surface area contributed by atoms with Gasteiger partial charge in [0, 0.05) is 44.5 Å². The van der Waals surface area contributed by atoms with Crippen LogP contribution in [-0.4, -0.2) is 51.1 Å². The number of anilines is 1. The number of piperazine rings is 1. The van der Waals surface area contributed by atoms with Gasteiger partial charge in [0.05, 0.1) is 17.6 Å². The molecular weight excluding hydrogens is 374 g/mol. The minimum Gasteiger partial charge on any atom is -0.351 e. The second kappa shape index (κ2) is 9.06. The molecule has 1 aliphatic rings. The van der Waals surface area contributed by atoms with Crippen LogP contribution < -0.4 is 4.90 Å². The zero-order valence-electron chi connectivity index (χ0n) is 17.6. The van der Waals surface area contributed by atoms with Crippen molar-refractivity contribution in [3.05, 3.63) is 65.1 Å². The van der Waals surface area contributed by atoms with Gasteiger partial charge in [-0.1, -0.05) is 32.0 Å². The molecule has 0 amide bonds. The van der Waals surface area contributed by atoms with E-state index < -0.39 is 0 Å². The van der Waals surface area contributed by atoms with E-state index in [4.69, 9.17) is 0 Å². The van der Waals surface area contributed by atoms with E-state index in [9.17, 15) is 5.26 Å². The van der Waals surface area contributed by atoms with Crippen LogP contribution in [0.2, 0.25) is 0 Å². The van der Waals surface area contributed by atoms with Crippen molar-refractivity contribution in [2.24, 2.45) is 0 Å². The van der Waals surface area contributed by atoms with Gasteiger partial charge in [-0.05, 0) is 30.5 Å². The molecule has 1 aromatic carbocycles. The SMILES string of the molecule is CCc1nnc(N2CCN(Cc3cnn(-c4ccccc4)c3)CC2)c(C#N)c1CC. The van der Waals surface area contributed by atoms with Crippen molar-refractivity contribution in [1.82, 2.24) is 24.9 Å². The van der Waals surface area contributed by atoms with E-state index in [1.54, 1.807) is 0 Å². The average Bonchev–Trinajstić information content (AvgIpc) is 3.27. The van der Waals surface area contributed by atoms with Gasteiger partial charge in [0.25, 0.3) is 0 Å². The molecule has 0 unspecified atom stereocenters. The molecule has 7 nitrogen and oxygen atoms in total. The van der Waals surface area contributed by atoms with E-state index in [-0.39, 0.29) is 0 Å². The third kappa shape index (κ3) is 4.05. The first-order valence-electron chi connectivity index (χ1n) is 10.6. The molecule has 0 bridgehead atoms. The topological polar surface area (TPSA) is 73.9 Å². The molecule has 0 saturated carbocycles. The first kappa shape index (κ1) is 20.0. The lowest BCUT2D eigenvalue weighted by Crippen LogP contribution is -2.46. The van der Waals surface area contributed by atoms with Gasteiger partial charge in [-0.2, -0.15) is 15.5 Å². The van der Waals surface area contributed by atoms with E-state index in [1.165, 1.54) is 5.56 Å². The number of aromatic nitrogens is 4. The van der Waals surface area contributed by atoms with E-state index in [0.717, 1.165) is 68.3 Å². The van der Waals surface area contributed by atoms with Gasteiger partial charge in [0.2, 0.25) is 0 Å². The Bertz CT molecular complexity index is 1030. The Kier molecular flexibility index (Phi) is 6.05. The fraction of sp³-hybridized carbons (Fsp3) is 0.391. The van der Waals surface area contributed by atoms with Gasteiger partial charge in [-0.15, -0.1) is 5.10 Å². The van der Waals surface area contributed by atoms with Crippen LogP contribution in [0.1, 0.15) is 36.2 Å². The second-order valence-corrected chi connectivity index (χ2v) is 7.53. The van der Waals surface area contributed by atoms with Crippen molar-refractivity contribution in [3.63, 3.8) is 0 Å². The van der Waals surface area contributed by atoms with Crippen LogP contribution >= 0.6 is 0 Å². The predicted octanol–water partition coefficient (Wildman–Crippen LogP) is 2.98. The van der Waals surface area contributed by atoms with Crippen LogP contribution in [0.3, 0.4) is 0 Å². The molecule has 2 aromatic heterocycles. The molecule has 7 heteroatoms. The van der Waals surface area contributed by atoms with Gasteiger partial charge in [-0.25, -0.2) is 4.68 Å². The van der Waals surface area contributed by atoms with Gasteiger partial charge in [0.1, 0.15) is 11.6 Å². The van der Waals surface area contributed by atoms with Crippen LogP contribution in [0.25, 0.3) is 5.69 Å². The number of para-hydroxylation sites is 1. The standard InChI is InChI=1S/C23H27N7/c1-3-20-21(14-24)23(27-26-22(20)4-2)29-12-10-28(11-13-29)16-18-15-25-30(17-18)19-8-6-5-7-9-19/h5-9,15,17H,3-4,10-13,16H2,1-2H3. The minimum atomic E-state index is 0.696. The summed E-state index contributed by atoms with van der Waals surface area (Å²) in [6, 6.07) is 12.5. The molecule has 0 atom stereocenters. The van der Waals surface area contributed by atoms with Crippen LogP contribution in [0.15, 0.2) is 42.7 Å². The third-order valence-electron chi connectivity index (χ3n) is 5.67. The van der Waals surface area contributed by atoms with Crippen LogP contribution in [-0.2, 0) is 19.4 Å². The van der Waals surface area contributed by atoms with E-state index in [2.05, 4.69) is 63.3 Å². The Labute approximate surface area is 177 Å². The number of nitrogens with zero attached hydrogens (tertiary/aromatic N) is 7. The van der Waals surface area contributed by atoms with Crippen molar-refractivity contribution in [3.8, 4) is 11.8 Å². The van der Waals surface area contributed by atoms with Crippen LogP contribution in [0, 0.1) is 11.3 Å². The lowest BCUT2D eigenvalue weighted by molar-refractivity contribution is 0.249. The normalized spacial score (nSPS) is 14.6. The molecule has 4 rings (SSSR count). The van der Waals surface area contributed by atoms with Crippen molar-refractivity contribution in [1.29, 1.82) is 5.26 Å². The maximum Gasteiger partial charge on any atom is 0.169 e. The summed E-state index contributed by atoms with van der Waals surface area (Å²) in [5, 5.41) is 23.1. The van der Waals surface area contributed by atoms with Gasteiger partial charge in [0.15, 0.2) is 5.82 Å². The Morgan fingerprint density at radius 3 is 2.43 bits per heavy atom. The Balaban J connectivity index is 1.41. The molecule has 0 aliphatic carbocycles. The zero-order valence-corrected chi connectivity index (χ0v) is 17.6. The second-order valence-electron chi connectivity index (χ2n) is 7.53. The van der Waals surface area contributed by atoms with Crippen LogP contribution in [0.5, 0.6) is 0 Å². The highest BCUT2D eigenvalue weighted by Crippen LogP contribution is 2.24. The van der Waals surface area contributed by atoms with Crippen LogP contribution in [0.4, 0.5) is 5.82 Å². The van der Waals surface area contributed by atoms with E-state index in [0.29, 0.717) is 5.56 Å². The highest BCUT2D eigenvalue weighted by Gasteiger charge is 2.23. The number of nitriles is 1. The predicted molar refractivity (Wildman–Crippen MR) is 117 cm³/mol. The minimum absolute atomic E-state index is 0.696. The Morgan fingerprint density at radius 1 is 1.00 bits per heavy atom. The summed E-state index contributed by atoms with van der Waals surface area (Å²) >= 11 is 0. The molecule has 1 fully saturated rings. The summed E-state index contributed by atoms with van der Waals surface area (Å²) < 4.78 is 1.92. The molecular formula is C23H27N7. The largest absolute Gasteiger partial charge is 0.351 e. The lowest BCUT2D eigenvalue weighted by Gasteiger charge is -2.35. The molecule has 3 heterocycles. The average molecular weight is 402 g/mol. The molecule has 3 aromatic rings. The highest BCUT2D eigenvalue weighted by molar-refractivity contribution is 5.58. The summed E-state index contributed by atoms with van der Waals surface area (Å²) in [5.74, 6) is 0.739. The van der Waals surface area contributed by atoms with Gasteiger partial charge in [-0.3, -0.25) is 4.90 Å². The maximum absolute atomic E-state index is 9.76. The summed E-state index contributed by atoms with van der Waals surface area (Å²) in [6.45, 7) is 8.51. The smallest absolute Gasteiger partial charge is 0.169 e. The summed E-state index contributed by atoms with van der Waals surface area (Å²) in [4.78, 5) is 4.62. The molecule has 154 valence electrons. The van der Waals surface area contributed by atoms with Crippen molar-refractivity contribution >= 4 is 5.82 Å². The number of benzene rings is 1. The monoisotopic (exact) mass is 401 g/mol. The van der Waals surface area contributed by atoms with Gasteiger partial charge >= 0.3 is 0 Å². The molecule has 0 radical (unpaired) electrons. The summed E-state index contributed by atoms with van der Waals surface area (Å²) in [5.41, 5.74) is 4.94. The van der Waals surface area contributed by atoms with E-state index >= 15 is 0 Å². The van der Waals surface area contributed by atoms with Gasteiger partial charge < -0.3 is 4.90 Å². The molecule has 30 heavy (non-hydrogen) atoms. The molecule has 0 spiro atoms. The summed E-state index contributed by atoms with van der Waals surface area (Å²) in [7, 11) is 0. The fourth-order valence-electron chi connectivity index (χ4n) is 4.04. The van der Waals surface area contributed by atoms with Crippen molar-refractivity contribution in [2.75, 3.05) is 31.1 Å². The lowest BCUT2D eigenvalue weighted by atomic mass is 10.0. The maximum atomic E-state index is 9.76. The Morgan fingerprint density at radius 2 is 1.77 bits per heavy atom. The first-order chi connectivity index (χ1) is 14.7.